The Hall–Kier alpha value is -1.06. The summed E-state index contributed by atoms with van der Waals surface area (Å²) in [6, 6.07) is 0.411. The fourth-order valence-corrected chi connectivity index (χ4v) is 6.14. The van der Waals surface area contributed by atoms with E-state index in [1.54, 1.807) is 0 Å². The number of rotatable bonds is 3. The van der Waals surface area contributed by atoms with Crippen molar-refractivity contribution < 1.29 is 14.7 Å². The molecular weight excluding hydrogens is 278 g/mol. The predicted molar refractivity (Wildman–Crippen MR) is 82.1 cm³/mol. The smallest absolute Gasteiger partial charge is 0.306 e. The number of nitrogens with one attached hydrogen (secondary N) is 1. The van der Waals surface area contributed by atoms with E-state index in [1.807, 2.05) is 0 Å². The first-order chi connectivity index (χ1) is 10.6. The minimum absolute atomic E-state index is 0.0501. The molecule has 122 valence electrons. The van der Waals surface area contributed by atoms with Gasteiger partial charge < -0.3 is 10.4 Å². The van der Waals surface area contributed by atoms with Crippen molar-refractivity contribution in [2.24, 2.45) is 35.5 Å². The Morgan fingerprint density at radius 3 is 2.23 bits per heavy atom. The standard InChI is InChI=1S/C18H27NO3/c20-17(10-4-6-11(7-5-10)18(21)22)19-16-9-12-8-15(16)14-3-1-2-13(12)14/h10-16H,1-9H2,(H,19,20)(H,21,22). The molecule has 0 saturated heterocycles. The minimum Gasteiger partial charge on any atom is -0.481 e. The van der Waals surface area contributed by atoms with Gasteiger partial charge in [-0.1, -0.05) is 6.42 Å². The lowest BCUT2D eigenvalue weighted by atomic mass is 9.78. The zero-order chi connectivity index (χ0) is 15.3. The van der Waals surface area contributed by atoms with Crippen LogP contribution in [0, 0.1) is 35.5 Å². The molecule has 1 amide bonds. The van der Waals surface area contributed by atoms with Gasteiger partial charge in [0.2, 0.25) is 5.91 Å². The van der Waals surface area contributed by atoms with Crippen molar-refractivity contribution >= 4 is 11.9 Å². The SMILES string of the molecule is O=C(O)C1CCC(C(=O)NC2CC3CC2C2CCCC32)CC1. The second-order valence-electron chi connectivity index (χ2n) is 8.16. The highest BCUT2D eigenvalue weighted by molar-refractivity contribution is 5.79. The van der Waals surface area contributed by atoms with E-state index in [9.17, 15) is 9.59 Å². The van der Waals surface area contributed by atoms with Crippen molar-refractivity contribution in [3.05, 3.63) is 0 Å². The maximum absolute atomic E-state index is 12.5. The molecule has 0 spiro atoms. The van der Waals surface area contributed by atoms with Gasteiger partial charge in [0.05, 0.1) is 5.92 Å². The summed E-state index contributed by atoms with van der Waals surface area (Å²) >= 11 is 0. The second-order valence-corrected chi connectivity index (χ2v) is 8.16. The Morgan fingerprint density at radius 1 is 0.818 bits per heavy atom. The Balaban J connectivity index is 1.31. The van der Waals surface area contributed by atoms with Crippen molar-refractivity contribution in [1.29, 1.82) is 0 Å². The van der Waals surface area contributed by atoms with Crippen LogP contribution >= 0.6 is 0 Å². The summed E-state index contributed by atoms with van der Waals surface area (Å²) in [5.41, 5.74) is 0. The van der Waals surface area contributed by atoms with E-state index in [-0.39, 0.29) is 17.7 Å². The fourth-order valence-electron chi connectivity index (χ4n) is 6.14. The number of carbonyl (C=O) groups excluding carboxylic acids is 1. The van der Waals surface area contributed by atoms with Gasteiger partial charge in [0, 0.05) is 12.0 Å². The fraction of sp³-hybridized carbons (Fsp3) is 0.889. The van der Waals surface area contributed by atoms with Gasteiger partial charge >= 0.3 is 5.97 Å². The Kier molecular flexibility index (Phi) is 3.66. The van der Waals surface area contributed by atoms with Crippen LogP contribution in [0.4, 0.5) is 0 Å². The number of aliphatic carboxylic acids is 1. The molecule has 5 atom stereocenters. The third kappa shape index (κ3) is 2.35. The lowest BCUT2D eigenvalue weighted by Gasteiger charge is -2.34. The molecule has 4 rings (SSSR count). The average molecular weight is 305 g/mol. The zero-order valence-corrected chi connectivity index (χ0v) is 13.2. The van der Waals surface area contributed by atoms with Gasteiger partial charge in [-0.05, 0) is 75.0 Å². The summed E-state index contributed by atoms with van der Waals surface area (Å²) in [7, 11) is 0. The lowest BCUT2D eigenvalue weighted by molar-refractivity contribution is -0.144. The molecule has 2 bridgehead atoms. The van der Waals surface area contributed by atoms with E-state index in [0.29, 0.717) is 18.9 Å². The first-order valence-corrected chi connectivity index (χ1v) is 9.16. The lowest BCUT2D eigenvalue weighted by Crippen LogP contribution is -2.45. The number of carboxylic acid groups (broad SMARTS) is 1. The van der Waals surface area contributed by atoms with Crippen LogP contribution in [-0.4, -0.2) is 23.0 Å². The van der Waals surface area contributed by atoms with Gasteiger partial charge in [-0.3, -0.25) is 9.59 Å². The van der Waals surface area contributed by atoms with Gasteiger partial charge in [-0.15, -0.1) is 0 Å². The molecule has 4 fully saturated rings. The summed E-state index contributed by atoms with van der Waals surface area (Å²) in [6.45, 7) is 0. The van der Waals surface area contributed by atoms with Gasteiger partial charge in [-0.25, -0.2) is 0 Å². The highest BCUT2D eigenvalue weighted by Crippen LogP contribution is 2.58. The third-order valence-corrected chi connectivity index (χ3v) is 7.20. The molecule has 4 aliphatic rings. The minimum atomic E-state index is -0.695. The van der Waals surface area contributed by atoms with Crippen LogP contribution in [0.1, 0.15) is 57.8 Å². The average Bonchev–Trinajstić information content (AvgIpc) is 3.19. The maximum atomic E-state index is 12.5. The monoisotopic (exact) mass is 305 g/mol. The van der Waals surface area contributed by atoms with Crippen molar-refractivity contribution in [1.82, 2.24) is 5.32 Å². The first-order valence-electron chi connectivity index (χ1n) is 9.16. The number of fused-ring (bicyclic) bond motifs is 5. The van der Waals surface area contributed by atoms with Crippen molar-refractivity contribution in [3.63, 3.8) is 0 Å². The maximum Gasteiger partial charge on any atom is 0.306 e. The summed E-state index contributed by atoms with van der Waals surface area (Å²) < 4.78 is 0. The molecule has 0 aromatic heterocycles. The van der Waals surface area contributed by atoms with Crippen molar-refractivity contribution in [2.75, 3.05) is 0 Å². The summed E-state index contributed by atoms with van der Waals surface area (Å²) in [4.78, 5) is 23.5. The molecule has 0 aromatic rings. The normalized spacial score (nSPS) is 46.5. The summed E-state index contributed by atoms with van der Waals surface area (Å²) in [6.07, 6.45) is 9.54. The van der Waals surface area contributed by atoms with E-state index in [4.69, 9.17) is 5.11 Å². The van der Waals surface area contributed by atoms with Crippen LogP contribution in [0.15, 0.2) is 0 Å². The number of carboxylic acids is 1. The molecule has 4 heteroatoms. The van der Waals surface area contributed by atoms with E-state index in [1.165, 1.54) is 32.1 Å². The molecule has 0 radical (unpaired) electrons. The first kappa shape index (κ1) is 14.5. The molecule has 22 heavy (non-hydrogen) atoms. The van der Waals surface area contributed by atoms with Crippen LogP contribution in [0.3, 0.4) is 0 Å². The highest BCUT2D eigenvalue weighted by Gasteiger charge is 2.54. The van der Waals surface area contributed by atoms with E-state index < -0.39 is 5.97 Å². The van der Waals surface area contributed by atoms with Crippen molar-refractivity contribution in [3.8, 4) is 0 Å². The predicted octanol–water partition coefficient (Wildman–Crippen LogP) is 2.82. The van der Waals surface area contributed by atoms with E-state index >= 15 is 0 Å². The number of hydrogen-bond donors (Lipinski definition) is 2. The Labute approximate surface area is 132 Å². The molecule has 5 unspecified atom stereocenters. The number of carbonyl (C=O) groups is 2. The highest BCUT2D eigenvalue weighted by atomic mass is 16.4. The van der Waals surface area contributed by atoms with E-state index in [0.717, 1.165) is 36.5 Å². The summed E-state index contributed by atoms with van der Waals surface area (Å²) in [5, 5.41) is 12.4. The molecular formula is C18H27NO3. The quantitative estimate of drug-likeness (QED) is 0.842. The van der Waals surface area contributed by atoms with Gasteiger partial charge in [0.25, 0.3) is 0 Å². The second kappa shape index (κ2) is 5.54. The Bertz CT molecular complexity index is 469. The van der Waals surface area contributed by atoms with Gasteiger partial charge in [0.15, 0.2) is 0 Å². The van der Waals surface area contributed by atoms with Crippen LogP contribution in [0.5, 0.6) is 0 Å². The van der Waals surface area contributed by atoms with Crippen LogP contribution in [-0.2, 0) is 9.59 Å². The molecule has 4 saturated carbocycles. The molecule has 0 aromatic carbocycles. The number of hydrogen-bond acceptors (Lipinski definition) is 2. The summed E-state index contributed by atoms with van der Waals surface area (Å²) in [5.74, 6) is 2.77. The Morgan fingerprint density at radius 2 is 1.50 bits per heavy atom. The molecule has 4 aliphatic carbocycles. The van der Waals surface area contributed by atoms with Crippen LogP contribution in [0.25, 0.3) is 0 Å². The van der Waals surface area contributed by atoms with Crippen molar-refractivity contribution in [2.45, 2.75) is 63.8 Å². The van der Waals surface area contributed by atoms with Crippen LogP contribution in [0.2, 0.25) is 0 Å². The third-order valence-electron chi connectivity index (χ3n) is 7.20. The molecule has 2 N–H and O–H groups in total. The van der Waals surface area contributed by atoms with E-state index in [2.05, 4.69) is 5.32 Å². The molecule has 0 heterocycles. The molecule has 4 nitrogen and oxygen atoms in total. The zero-order valence-electron chi connectivity index (χ0n) is 13.2. The largest absolute Gasteiger partial charge is 0.481 e. The van der Waals surface area contributed by atoms with Crippen LogP contribution < -0.4 is 5.32 Å². The molecule has 0 aliphatic heterocycles. The topological polar surface area (TPSA) is 66.4 Å². The van der Waals surface area contributed by atoms with Gasteiger partial charge in [-0.2, -0.15) is 0 Å². The van der Waals surface area contributed by atoms with Gasteiger partial charge in [0.1, 0.15) is 0 Å². The number of amides is 1.